The van der Waals surface area contributed by atoms with Crippen LogP contribution in [-0.4, -0.2) is 25.1 Å². The summed E-state index contributed by atoms with van der Waals surface area (Å²) in [6.07, 6.45) is 0. The summed E-state index contributed by atoms with van der Waals surface area (Å²) in [5.41, 5.74) is 2.76. The van der Waals surface area contributed by atoms with Crippen LogP contribution < -0.4 is 0 Å². The van der Waals surface area contributed by atoms with Gasteiger partial charge in [0.25, 0.3) is 5.89 Å². The minimum atomic E-state index is -0.318. The molecule has 0 bridgehead atoms. The molecular formula is C22H19BrCl2N4O2. The summed E-state index contributed by atoms with van der Waals surface area (Å²) in [7, 11) is 0. The third kappa shape index (κ3) is 4.28. The Morgan fingerprint density at radius 1 is 1.06 bits per heavy atom. The second-order valence-electron chi connectivity index (χ2n) is 8.01. The fourth-order valence-electron chi connectivity index (χ4n) is 3.13. The molecule has 4 aromatic rings. The van der Waals surface area contributed by atoms with Crippen molar-refractivity contribution in [1.29, 1.82) is 0 Å². The van der Waals surface area contributed by atoms with Gasteiger partial charge in [0.05, 0.1) is 23.0 Å². The van der Waals surface area contributed by atoms with Crippen LogP contribution in [0, 0.1) is 0 Å². The number of nitrogens with zero attached hydrogens (tertiary/aromatic N) is 4. The fourth-order valence-corrected chi connectivity index (χ4v) is 3.88. The van der Waals surface area contributed by atoms with E-state index in [2.05, 4.69) is 26.1 Å². The van der Waals surface area contributed by atoms with Gasteiger partial charge in [0.15, 0.2) is 5.69 Å². The van der Waals surface area contributed by atoms with E-state index in [-0.39, 0.29) is 17.9 Å². The summed E-state index contributed by atoms with van der Waals surface area (Å²) in [5, 5.41) is 24.3. The molecule has 4 rings (SSSR count). The standard InChI is InChI=1S/C22H19BrCl2N4O2/c1-22(2,3)21-27-26-20(31-21)18-15(11-30)19(12-4-6-13(23)7-5-12)29(28-18)17-9-8-14(24)10-16(17)25/h4-10,30H,11H2,1-3H3. The molecule has 9 heteroatoms. The molecule has 0 unspecified atom stereocenters. The molecular weight excluding hydrogens is 503 g/mol. The Bertz CT molecular complexity index is 1240. The number of rotatable bonds is 4. The Hall–Kier alpha value is -2.19. The molecule has 2 aromatic heterocycles. The molecule has 1 N–H and O–H groups in total. The van der Waals surface area contributed by atoms with Crippen molar-refractivity contribution in [2.45, 2.75) is 32.8 Å². The summed E-state index contributed by atoms with van der Waals surface area (Å²) in [5.74, 6) is 0.715. The molecule has 0 radical (unpaired) electrons. The van der Waals surface area contributed by atoms with Crippen LogP contribution in [0.4, 0.5) is 0 Å². The fraction of sp³-hybridized carbons (Fsp3) is 0.227. The molecule has 0 fully saturated rings. The third-order valence-electron chi connectivity index (χ3n) is 4.67. The van der Waals surface area contributed by atoms with E-state index in [1.807, 2.05) is 45.0 Å². The summed E-state index contributed by atoms with van der Waals surface area (Å²) in [6, 6.07) is 12.9. The maximum absolute atomic E-state index is 10.3. The lowest BCUT2D eigenvalue weighted by Crippen LogP contribution is -2.11. The van der Waals surface area contributed by atoms with Crippen molar-refractivity contribution in [3.63, 3.8) is 0 Å². The van der Waals surface area contributed by atoms with Crippen LogP contribution in [0.2, 0.25) is 10.0 Å². The zero-order valence-corrected chi connectivity index (χ0v) is 20.1. The molecule has 6 nitrogen and oxygen atoms in total. The van der Waals surface area contributed by atoms with Crippen LogP contribution in [0.15, 0.2) is 51.4 Å². The second kappa shape index (κ2) is 8.39. The number of benzene rings is 2. The van der Waals surface area contributed by atoms with Gasteiger partial charge < -0.3 is 9.52 Å². The zero-order valence-electron chi connectivity index (χ0n) is 17.0. The number of hydrogen-bond acceptors (Lipinski definition) is 5. The van der Waals surface area contributed by atoms with Gasteiger partial charge in [0, 0.05) is 26.0 Å². The lowest BCUT2D eigenvalue weighted by molar-refractivity contribution is 0.282. The minimum absolute atomic E-state index is 0.233. The van der Waals surface area contributed by atoms with Crippen molar-refractivity contribution < 1.29 is 9.52 Å². The normalized spacial score (nSPS) is 11.8. The van der Waals surface area contributed by atoms with E-state index in [0.717, 1.165) is 10.0 Å². The summed E-state index contributed by atoms with van der Waals surface area (Å²) >= 11 is 16.0. The monoisotopic (exact) mass is 520 g/mol. The number of aliphatic hydroxyl groups is 1. The van der Waals surface area contributed by atoms with Crippen molar-refractivity contribution in [3.8, 4) is 28.5 Å². The molecule has 31 heavy (non-hydrogen) atoms. The lowest BCUT2D eigenvalue weighted by atomic mass is 9.97. The first-order valence-electron chi connectivity index (χ1n) is 9.47. The van der Waals surface area contributed by atoms with Crippen molar-refractivity contribution in [3.05, 3.63) is 68.4 Å². The highest BCUT2D eigenvalue weighted by atomic mass is 79.9. The van der Waals surface area contributed by atoms with Gasteiger partial charge >= 0.3 is 0 Å². The van der Waals surface area contributed by atoms with Crippen molar-refractivity contribution in [2.24, 2.45) is 0 Å². The summed E-state index contributed by atoms with van der Waals surface area (Å²) in [6.45, 7) is 5.67. The first-order chi connectivity index (χ1) is 14.7. The van der Waals surface area contributed by atoms with Gasteiger partial charge in [0.1, 0.15) is 0 Å². The Kier molecular flexibility index (Phi) is 5.96. The third-order valence-corrected chi connectivity index (χ3v) is 5.73. The van der Waals surface area contributed by atoms with E-state index in [1.165, 1.54) is 0 Å². The van der Waals surface area contributed by atoms with E-state index in [1.54, 1.807) is 22.9 Å². The van der Waals surface area contributed by atoms with Gasteiger partial charge in [0.2, 0.25) is 5.89 Å². The average Bonchev–Trinajstić information content (AvgIpc) is 3.33. The summed E-state index contributed by atoms with van der Waals surface area (Å²) < 4.78 is 8.52. The van der Waals surface area contributed by atoms with Crippen LogP contribution in [0.3, 0.4) is 0 Å². The number of aliphatic hydroxyl groups excluding tert-OH is 1. The summed E-state index contributed by atoms with van der Waals surface area (Å²) in [4.78, 5) is 0. The largest absolute Gasteiger partial charge is 0.419 e. The highest BCUT2D eigenvalue weighted by Gasteiger charge is 2.28. The highest BCUT2D eigenvalue weighted by molar-refractivity contribution is 9.10. The van der Waals surface area contributed by atoms with Crippen LogP contribution in [0.1, 0.15) is 32.2 Å². The molecule has 0 aliphatic carbocycles. The SMILES string of the molecule is CC(C)(C)c1nnc(-c2nn(-c3ccc(Cl)cc3Cl)c(-c3ccc(Br)cc3)c2CO)o1. The molecule has 0 aliphatic heterocycles. The van der Waals surface area contributed by atoms with Gasteiger partial charge in [-0.15, -0.1) is 10.2 Å². The van der Waals surface area contributed by atoms with Gasteiger partial charge in [-0.3, -0.25) is 0 Å². The smallest absolute Gasteiger partial charge is 0.268 e. The number of halogens is 3. The topological polar surface area (TPSA) is 77.0 Å². The van der Waals surface area contributed by atoms with E-state index in [9.17, 15) is 5.11 Å². The maximum atomic E-state index is 10.3. The molecule has 0 spiro atoms. The van der Waals surface area contributed by atoms with Crippen LogP contribution in [0.5, 0.6) is 0 Å². The first kappa shape index (κ1) is 22.0. The molecule has 0 saturated heterocycles. The molecule has 0 aliphatic rings. The molecule has 2 heterocycles. The molecule has 0 amide bonds. The van der Waals surface area contributed by atoms with E-state index >= 15 is 0 Å². The Morgan fingerprint density at radius 2 is 1.77 bits per heavy atom. The predicted molar refractivity (Wildman–Crippen MR) is 125 cm³/mol. The molecule has 160 valence electrons. The molecule has 0 saturated carbocycles. The first-order valence-corrected chi connectivity index (χ1v) is 11.0. The number of aromatic nitrogens is 4. The van der Waals surface area contributed by atoms with Crippen molar-refractivity contribution in [1.82, 2.24) is 20.0 Å². The molecule has 2 aromatic carbocycles. The van der Waals surface area contributed by atoms with E-state index in [4.69, 9.17) is 32.7 Å². The van der Waals surface area contributed by atoms with Gasteiger partial charge in [-0.2, -0.15) is 5.10 Å². The number of hydrogen-bond donors (Lipinski definition) is 1. The van der Waals surface area contributed by atoms with Gasteiger partial charge in [-0.1, -0.05) is 72.0 Å². The van der Waals surface area contributed by atoms with E-state index < -0.39 is 0 Å². The van der Waals surface area contributed by atoms with Crippen molar-refractivity contribution in [2.75, 3.05) is 0 Å². The Morgan fingerprint density at radius 3 is 2.35 bits per heavy atom. The maximum Gasteiger partial charge on any atom is 0.268 e. The Balaban J connectivity index is 1.99. The average molecular weight is 522 g/mol. The quantitative estimate of drug-likeness (QED) is 0.334. The van der Waals surface area contributed by atoms with E-state index in [0.29, 0.717) is 38.6 Å². The zero-order chi connectivity index (χ0) is 22.3. The lowest BCUT2D eigenvalue weighted by Gasteiger charge is -2.11. The van der Waals surface area contributed by atoms with Crippen LogP contribution >= 0.6 is 39.1 Å². The van der Waals surface area contributed by atoms with Crippen LogP contribution in [-0.2, 0) is 12.0 Å². The van der Waals surface area contributed by atoms with Crippen molar-refractivity contribution >= 4 is 39.1 Å². The minimum Gasteiger partial charge on any atom is -0.419 e. The highest BCUT2D eigenvalue weighted by Crippen LogP contribution is 2.37. The molecule has 0 atom stereocenters. The predicted octanol–water partition coefficient (Wildman–Crippen LogP) is 6.45. The van der Waals surface area contributed by atoms with Crippen LogP contribution in [0.25, 0.3) is 28.5 Å². The van der Waals surface area contributed by atoms with Gasteiger partial charge in [-0.25, -0.2) is 4.68 Å². The second-order valence-corrected chi connectivity index (χ2v) is 9.77. The van der Waals surface area contributed by atoms with Gasteiger partial charge in [-0.05, 0) is 30.3 Å². The Labute approximate surface area is 198 Å².